The fourth-order valence-electron chi connectivity index (χ4n) is 4.96. The Kier molecular flexibility index (Phi) is 6.60. The lowest BCUT2D eigenvalue weighted by Crippen LogP contribution is -2.44. The van der Waals surface area contributed by atoms with E-state index in [1.54, 1.807) is 14.0 Å². The highest BCUT2D eigenvalue weighted by atomic mass is 16.2. The Morgan fingerprint density at radius 1 is 0.815 bits per heavy atom. The Labute approximate surface area is 162 Å². The molecule has 0 bridgehead atoms. The van der Waals surface area contributed by atoms with Crippen molar-refractivity contribution in [2.24, 2.45) is 17.8 Å². The summed E-state index contributed by atoms with van der Waals surface area (Å²) >= 11 is 0. The van der Waals surface area contributed by atoms with Crippen molar-refractivity contribution >= 4 is 17.8 Å². The Balaban J connectivity index is 1.40. The average molecular weight is 379 g/mol. The van der Waals surface area contributed by atoms with Gasteiger partial charge in [0.1, 0.15) is 0 Å². The molecule has 27 heavy (non-hydrogen) atoms. The van der Waals surface area contributed by atoms with Gasteiger partial charge in [-0.25, -0.2) is 4.79 Å². The Hall–Kier alpha value is -1.79. The van der Waals surface area contributed by atoms with Crippen molar-refractivity contribution in [3.8, 4) is 0 Å². The van der Waals surface area contributed by atoms with Gasteiger partial charge in [0.15, 0.2) is 0 Å². The smallest absolute Gasteiger partial charge is 0.317 e. The van der Waals surface area contributed by atoms with Crippen LogP contribution in [0.25, 0.3) is 0 Å². The second-order valence-electron chi connectivity index (χ2n) is 8.42. The molecule has 7 heteroatoms. The Morgan fingerprint density at radius 3 is 1.96 bits per heavy atom. The summed E-state index contributed by atoms with van der Waals surface area (Å²) in [5, 5.41) is 2.70. The molecule has 3 aliphatic rings. The highest BCUT2D eigenvalue weighted by Gasteiger charge is 2.35. The first kappa shape index (κ1) is 20.0. The number of nitrogens with one attached hydrogen (secondary N) is 1. The summed E-state index contributed by atoms with van der Waals surface area (Å²) < 4.78 is 0. The van der Waals surface area contributed by atoms with Crippen LogP contribution < -0.4 is 5.32 Å². The number of carbonyl (C=O) groups excluding carboxylic acids is 3. The van der Waals surface area contributed by atoms with Gasteiger partial charge in [-0.2, -0.15) is 0 Å². The number of amides is 4. The molecular weight excluding hydrogens is 344 g/mol. The first-order valence-corrected chi connectivity index (χ1v) is 10.5. The van der Waals surface area contributed by atoms with Crippen LogP contribution in [0.5, 0.6) is 0 Å². The summed E-state index contributed by atoms with van der Waals surface area (Å²) in [5.74, 6) is 2.07. The van der Waals surface area contributed by atoms with Gasteiger partial charge in [0, 0.05) is 59.7 Å². The van der Waals surface area contributed by atoms with Crippen molar-refractivity contribution in [1.29, 1.82) is 0 Å². The summed E-state index contributed by atoms with van der Waals surface area (Å²) in [7, 11) is 1.68. The second kappa shape index (κ2) is 8.93. The molecule has 1 unspecified atom stereocenters. The van der Waals surface area contributed by atoms with Crippen molar-refractivity contribution < 1.29 is 14.4 Å². The summed E-state index contributed by atoms with van der Waals surface area (Å²) in [5.41, 5.74) is 0. The molecule has 0 aromatic rings. The van der Waals surface area contributed by atoms with Gasteiger partial charge >= 0.3 is 6.03 Å². The molecule has 3 rings (SSSR count). The van der Waals surface area contributed by atoms with E-state index < -0.39 is 0 Å². The topological polar surface area (TPSA) is 73.0 Å². The molecule has 4 amide bonds. The molecule has 3 heterocycles. The largest absolute Gasteiger partial charge is 0.343 e. The normalized spacial score (nSPS) is 25.0. The number of carbonyl (C=O) groups is 3. The van der Waals surface area contributed by atoms with Crippen molar-refractivity contribution in [2.45, 2.75) is 45.4 Å². The van der Waals surface area contributed by atoms with Crippen molar-refractivity contribution in [1.82, 2.24) is 20.0 Å². The third-order valence-electron chi connectivity index (χ3n) is 6.81. The fraction of sp³-hybridized carbons (Fsp3) is 0.850. The van der Waals surface area contributed by atoms with E-state index in [0.717, 1.165) is 71.4 Å². The molecule has 3 fully saturated rings. The average Bonchev–Trinajstić information content (AvgIpc) is 3.18. The minimum Gasteiger partial charge on any atom is -0.343 e. The van der Waals surface area contributed by atoms with Crippen LogP contribution in [0.3, 0.4) is 0 Å². The number of rotatable bonds is 3. The van der Waals surface area contributed by atoms with E-state index in [-0.39, 0.29) is 11.9 Å². The molecule has 0 aliphatic carbocycles. The minimum atomic E-state index is 0.0208. The predicted molar refractivity (Wildman–Crippen MR) is 103 cm³/mol. The van der Waals surface area contributed by atoms with Gasteiger partial charge in [0.2, 0.25) is 11.8 Å². The van der Waals surface area contributed by atoms with Gasteiger partial charge in [-0.1, -0.05) is 0 Å². The van der Waals surface area contributed by atoms with E-state index >= 15 is 0 Å². The third kappa shape index (κ3) is 4.93. The number of hydrogen-bond donors (Lipinski definition) is 1. The van der Waals surface area contributed by atoms with E-state index in [1.807, 2.05) is 9.80 Å². The molecule has 3 saturated heterocycles. The number of hydrogen-bond acceptors (Lipinski definition) is 3. The number of likely N-dealkylation sites (tertiary alicyclic amines) is 3. The molecule has 1 N–H and O–H groups in total. The van der Waals surface area contributed by atoms with E-state index in [0.29, 0.717) is 30.1 Å². The van der Waals surface area contributed by atoms with Crippen LogP contribution in [0.2, 0.25) is 0 Å². The molecule has 3 aliphatic heterocycles. The van der Waals surface area contributed by atoms with Crippen molar-refractivity contribution in [3.63, 3.8) is 0 Å². The summed E-state index contributed by atoms with van der Waals surface area (Å²) in [6.45, 7) is 6.61. The Morgan fingerprint density at radius 2 is 1.37 bits per heavy atom. The number of urea groups is 1. The van der Waals surface area contributed by atoms with Crippen LogP contribution in [0, 0.1) is 17.8 Å². The van der Waals surface area contributed by atoms with Gasteiger partial charge in [-0.05, 0) is 49.9 Å². The highest BCUT2D eigenvalue weighted by molar-refractivity contribution is 5.77. The van der Waals surface area contributed by atoms with Crippen LogP contribution in [-0.4, -0.2) is 78.9 Å². The summed E-state index contributed by atoms with van der Waals surface area (Å²) in [6.07, 6.45) is 5.71. The highest BCUT2D eigenvalue weighted by Crippen LogP contribution is 2.33. The summed E-state index contributed by atoms with van der Waals surface area (Å²) in [4.78, 5) is 41.7. The first-order valence-electron chi connectivity index (χ1n) is 10.5. The van der Waals surface area contributed by atoms with Gasteiger partial charge in [0.25, 0.3) is 0 Å². The van der Waals surface area contributed by atoms with Crippen LogP contribution >= 0.6 is 0 Å². The van der Waals surface area contributed by atoms with Gasteiger partial charge in [-0.15, -0.1) is 0 Å². The maximum absolute atomic E-state index is 12.7. The van der Waals surface area contributed by atoms with E-state index in [2.05, 4.69) is 10.2 Å². The SMILES string of the molecule is CNC(=O)N1CCC(C2CCN(C(=O)CC3CCN(C(C)=O)CC3)C2)CC1. The summed E-state index contributed by atoms with van der Waals surface area (Å²) in [6, 6.07) is 0.0208. The van der Waals surface area contributed by atoms with Gasteiger partial charge in [0.05, 0.1) is 0 Å². The molecule has 0 spiro atoms. The maximum atomic E-state index is 12.7. The lowest BCUT2D eigenvalue weighted by molar-refractivity contribution is -0.132. The molecule has 0 aromatic heterocycles. The van der Waals surface area contributed by atoms with Crippen LogP contribution in [0.1, 0.15) is 45.4 Å². The zero-order chi connectivity index (χ0) is 19.4. The van der Waals surface area contributed by atoms with Gasteiger partial charge in [-0.3, -0.25) is 9.59 Å². The predicted octanol–water partition coefficient (Wildman–Crippen LogP) is 1.53. The zero-order valence-corrected chi connectivity index (χ0v) is 16.8. The monoisotopic (exact) mass is 378 g/mol. The van der Waals surface area contributed by atoms with Crippen molar-refractivity contribution in [3.05, 3.63) is 0 Å². The standard InChI is InChI=1S/C20H34N4O3/c1-15(25)22-8-3-16(4-9-22)13-19(26)24-12-7-18(14-24)17-5-10-23(11-6-17)20(27)21-2/h16-18H,3-14H2,1-2H3,(H,21,27). The van der Waals surface area contributed by atoms with Crippen LogP contribution in [-0.2, 0) is 9.59 Å². The van der Waals surface area contributed by atoms with Crippen molar-refractivity contribution in [2.75, 3.05) is 46.3 Å². The quantitative estimate of drug-likeness (QED) is 0.810. The molecule has 1 atom stereocenters. The second-order valence-corrected chi connectivity index (χ2v) is 8.42. The molecular formula is C20H34N4O3. The van der Waals surface area contributed by atoms with E-state index in [4.69, 9.17) is 0 Å². The Bertz CT molecular complexity index is 551. The lowest BCUT2D eigenvalue weighted by atomic mass is 9.84. The van der Waals surface area contributed by atoms with Gasteiger partial charge < -0.3 is 20.0 Å². The lowest BCUT2D eigenvalue weighted by Gasteiger charge is -2.34. The third-order valence-corrected chi connectivity index (χ3v) is 6.81. The van der Waals surface area contributed by atoms with E-state index in [1.165, 1.54) is 0 Å². The molecule has 152 valence electrons. The maximum Gasteiger partial charge on any atom is 0.317 e. The fourth-order valence-corrected chi connectivity index (χ4v) is 4.96. The first-order chi connectivity index (χ1) is 13.0. The number of piperidine rings is 2. The molecule has 0 saturated carbocycles. The minimum absolute atomic E-state index is 0.0208. The zero-order valence-electron chi connectivity index (χ0n) is 16.8. The van der Waals surface area contributed by atoms with Crippen LogP contribution in [0.15, 0.2) is 0 Å². The van der Waals surface area contributed by atoms with E-state index in [9.17, 15) is 14.4 Å². The molecule has 0 radical (unpaired) electrons. The molecule has 0 aromatic carbocycles. The molecule has 7 nitrogen and oxygen atoms in total. The number of nitrogens with zero attached hydrogens (tertiary/aromatic N) is 3. The van der Waals surface area contributed by atoms with Crippen LogP contribution in [0.4, 0.5) is 4.79 Å².